The van der Waals surface area contributed by atoms with Crippen molar-refractivity contribution in [3.63, 3.8) is 0 Å². The smallest absolute Gasteiger partial charge is 0.255 e. The standard InChI is InChI=1S/C24H20ClN3O3/c25-20-13-12-19(28-14-4-7-22(28)29)15-21(20)27-24(31)17-8-10-18(11-9-17)26-23(30)16-5-2-1-3-6-16/h1-3,5-6,8-13,15H,4,7,14H2,(H,26,30)(H,27,31). The number of nitrogens with one attached hydrogen (secondary N) is 2. The van der Waals surface area contributed by atoms with Crippen LogP contribution in [0.3, 0.4) is 0 Å². The highest BCUT2D eigenvalue weighted by Gasteiger charge is 2.22. The number of carbonyl (C=O) groups excluding carboxylic acids is 3. The molecule has 1 saturated heterocycles. The molecule has 1 fully saturated rings. The summed E-state index contributed by atoms with van der Waals surface area (Å²) >= 11 is 6.25. The van der Waals surface area contributed by atoms with Crippen LogP contribution >= 0.6 is 11.6 Å². The molecule has 3 aromatic rings. The first kappa shape index (κ1) is 20.6. The maximum Gasteiger partial charge on any atom is 0.255 e. The van der Waals surface area contributed by atoms with Gasteiger partial charge in [0.1, 0.15) is 0 Å². The summed E-state index contributed by atoms with van der Waals surface area (Å²) in [5, 5.41) is 5.98. The van der Waals surface area contributed by atoms with E-state index in [-0.39, 0.29) is 17.7 Å². The van der Waals surface area contributed by atoms with Crippen LogP contribution in [0, 0.1) is 0 Å². The fourth-order valence-corrected chi connectivity index (χ4v) is 3.56. The van der Waals surface area contributed by atoms with Crippen molar-refractivity contribution < 1.29 is 14.4 Å². The number of nitrogens with zero attached hydrogens (tertiary/aromatic N) is 1. The summed E-state index contributed by atoms with van der Waals surface area (Å²) in [5.74, 6) is -0.502. The molecule has 2 N–H and O–H groups in total. The van der Waals surface area contributed by atoms with Crippen LogP contribution in [0.1, 0.15) is 33.6 Å². The van der Waals surface area contributed by atoms with Crippen molar-refractivity contribution in [2.45, 2.75) is 12.8 Å². The molecule has 0 radical (unpaired) electrons. The van der Waals surface area contributed by atoms with Crippen LogP contribution in [0.15, 0.2) is 72.8 Å². The van der Waals surface area contributed by atoms with Crippen LogP contribution in [0.2, 0.25) is 5.02 Å². The molecule has 6 nitrogen and oxygen atoms in total. The van der Waals surface area contributed by atoms with E-state index in [0.29, 0.717) is 46.2 Å². The lowest BCUT2D eigenvalue weighted by atomic mass is 10.1. The number of amides is 3. The number of anilines is 3. The molecule has 0 unspecified atom stereocenters. The third-order valence-corrected chi connectivity index (χ3v) is 5.35. The average Bonchev–Trinajstić information content (AvgIpc) is 3.22. The summed E-state index contributed by atoms with van der Waals surface area (Å²) in [6, 6.07) is 20.6. The lowest BCUT2D eigenvalue weighted by Gasteiger charge is -2.17. The molecule has 0 saturated carbocycles. The van der Waals surface area contributed by atoms with Crippen LogP contribution in [0.5, 0.6) is 0 Å². The number of benzene rings is 3. The molecule has 3 aromatic carbocycles. The number of hydrogen-bond donors (Lipinski definition) is 2. The number of hydrogen-bond acceptors (Lipinski definition) is 3. The van der Waals surface area contributed by atoms with E-state index in [2.05, 4.69) is 10.6 Å². The van der Waals surface area contributed by atoms with Gasteiger partial charge in [-0.15, -0.1) is 0 Å². The minimum absolute atomic E-state index is 0.0627. The van der Waals surface area contributed by atoms with Gasteiger partial charge in [0, 0.05) is 35.5 Å². The van der Waals surface area contributed by atoms with Crippen molar-refractivity contribution in [1.29, 1.82) is 0 Å². The highest BCUT2D eigenvalue weighted by atomic mass is 35.5. The summed E-state index contributed by atoms with van der Waals surface area (Å²) in [7, 11) is 0. The van der Waals surface area contributed by atoms with Gasteiger partial charge in [-0.1, -0.05) is 29.8 Å². The Labute approximate surface area is 184 Å². The summed E-state index contributed by atoms with van der Waals surface area (Å²) in [4.78, 5) is 38.6. The predicted molar refractivity (Wildman–Crippen MR) is 122 cm³/mol. The molecule has 0 aliphatic carbocycles. The maximum absolute atomic E-state index is 12.7. The van der Waals surface area contributed by atoms with Crippen LogP contribution < -0.4 is 15.5 Å². The second-order valence-electron chi connectivity index (χ2n) is 7.16. The summed E-state index contributed by atoms with van der Waals surface area (Å²) < 4.78 is 0. The van der Waals surface area contributed by atoms with Gasteiger partial charge in [-0.2, -0.15) is 0 Å². The van der Waals surface area contributed by atoms with Crippen LogP contribution in [0.4, 0.5) is 17.1 Å². The van der Waals surface area contributed by atoms with Crippen LogP contribution in [0.25, 0.3) is 0 Å². The molecule has 31 heavy (non-hydrogen) atoms. The highest BCUT2D eigenvalue weighted by molar-refractivity contribution is 6.34. The van der Waals surface area contributed by atoms with Crippen molar-refractivity contribution in [2.24, 2.45) is 0 Å². The van der Waals surface area contributed by atoms with Gasteiger partial charge >= 0.3 is 0 Å². The van der Waals surface area contributed by atoms with Crippen LogP contribution in [-0.2, 0) is 4.79 Å². The predicted octanol–water partition coefficient (Wildman–Crippen LogP) is 4.97. The second-order valence-corrected chi connectivity index (χ2v) is 7.57. The zero-order valence-corrected chi connectivity index (χ0v) is 17.4. The van der Waals surface area contributed by atoms with Crippen molar-refractivity contribution in [2.75, 3.05) is 22.1 Å². The fraction of sp³-hybridized carbons (Fsp3) is 0.125. The zero-order valence-electron chi connectivity index (χ0n) is 16.6. The molecular formula is C24H20ClN3O3. The van der Waals surface area contributed by atoms with Crippen molar-refractivity contribution in [1.82, 2.24) is 0 Å². The van der Waals surface area contributed by atoms with Crippen molar-refractivity contribution in [3.8, 4) is 0 Å². The quantitative estimate of drug-likeness (QED) is 0.596. The van der Waals surface area contributed by atoms with Gasteiger partial charge in [-0.05, 0) is 61.0 Å². The lowest BCUT2D eigenvalue weighted by Crippen LogP contribution is -2.23. The SMILES string of the molecule is O=C(Nc1ccc(C(=O)Nc2cc(N3CCCC3=O)ccc2Cl)cc1)c1ccccc1. The first-order valence-electron chi connectivity index (χ1n) is 9.89. The second kappa shape index (κ2) is 9.02. The molecule has 1 aliphatic rings. The Morgan fingerprint density at radius 3 is 2.19 bits per heavy atom. The summed E-state index contributed by atoms with van der Waals surface area (Å²) in [6.45, 7) is 0.657. The fourth-order valence-electron chi connectivity index (χ4n) is 3.39. The molecule has 0 aromatic heterocycles. The van der Waals surface area contributed by atoms with E-state index >= 15 is 0 Å². The van der Waals surface area contributed by atoms with Gasteiger partial charge < -0.3 is 15.5 Å². The molecule has 1 heterocycles. The summed E-state index contributed by atoms with van der Waals surface area (Å²) in [6.07, 6.45) is 1.34. The Morgan fingerprint density at radius 2 is 1.52 bits per heavy atom. The van der Waals surface area contributed by atoms with Crippen molar-refractivity contribution >= 4 is 46.4 Å². The monoisotopic (exact) mass is 433 g/mol. The van der Waals surface area contributed by atoms with Gasteiger partial charge in [-0.25, -0.2) is 0 Å². The lowest BCUT2D eigenvalue weighted by molar-refractivity contribution is -0.117. The topological polar surface area (TPSA) is 78.5 Å². The third kappa shape index (κ3) is 4.75. The zero-order chi connectivity index (χ0) is 21.8. The first-order valence-corrected chi connectivity index (χ1v) is 10.3. The Balaban J connectivity index is 1.44. The van der Waals surface area contributed by atoms with E-state index in [1.54, 1.807) is 71.6 Å². The molecular weight excluding hydrogens is 414 g/mol. The van der Waals surface area contributed by atoms with Gasteiger partial charge in [0.2, 0.25) is 5.91 Å². The molecule has 0 bridgehead atoms. The van der Waals surface area contributed by atoms with Gasteiger partial charge in [0.25, 0.3) is 11.8 Å². The molecule has 0 spiro atoms. The minimum Gasteiger partial charge on any atom is -0.322 e. The van der Waals surface area contributed by atoms with E-state index in [4.69, 9.17) is 11.6 Å². The highest BCUT2D eigenvalue weighted by Crippen LogP contribution is 2.30. The number of halogens is 1. The Hall–Kier alpha value is -3.64. The third-order valence-electron chi connectivity index (χ3n) is 5.02. The molecule has 7 heteroatoms. The average molecular weight is 434 g/mol. The van der Waals surface area contributed by atoms with E-state index < -0.39 is 0 Å². The number of rotatable bonds is 5. The van der Waals surface area contributed by atoms with E-state index in [9.17, 15) is 14.4 Å². The Morgan fingerprint density at radius 1 is 0.839 bits per heavy atom. The van der Waals surface area contributed by atoms with Crippen molar-refractivity contribution in [3.05, 3.63) is 88.9 Å². The first-order chi connectivity index (χ1) is 15.0. The van der Waals surface area contributed by atoms with Gasteiger partial charge in [-0.3, -0.25) is 14.4 Å². The normalized spacial score (nSPS) is 13.2. The number of carbonyl (C=O) groups is 3. The van der Waals surface area contributed by atoms with Gasteiger partial charge in [0.15, 0.2) is 0 Å². The molecule has 0 atom stereocenters. The Kier molecular flexibility index (Phi) is 6.00. The molecule has 3 amide bonds. The minimum atomic E-state index is -0.340. The van der Waals surface area contributed by atoms with E-state index in [0.717, 1.165) is 6.42 Å². The van der Waals surface area contributed by atoms with Gasteiger partial charge in [0.05, 0.1) is 10.7 Å². The van der Waals surface area contributed by atoms with E-state index in [1.165, 1.54) is 0 Å². The molecule has 4 rings (SSSR count). The van der Waals surface area contributed by atoms with Crippen LogP contribution in [-0.4, -0.2) is 24.3 Å². The largest absolute Gasteiger partial charge is 0.322 e. The molecule has 1 aliphatic heterocycles. The maximum atomic E-state index is 12.7. The van der Waals surface area contributed by atoms with E-state index in [1.807, 2.05) is 6.07 Å². The molecule has 156 valence electrons. The Bertz CT molecular complexity index is 1130. The summed E-state index contributed by atoms with van der Waals surface area (Å²) in [5.41, 5.74) is 2.69.